The van der Waals surface area contributed by atoms with Crippen molar-refractivity contribution in [2.75, 3.05) is 7.11 Å². The van der Waals surface area contributed by atoms with Crippen molar-refractivity contribution in [1.29, 1.82) is 0 Å². The van der Waals surface area contributed by atoms with Gasteiger partial charge >= 0.3 is 0 Å². The van der Waals surface area contributed by atoms with E-state index in [1.54, 1.807) is 7.11 Å². The number of carbonyl (C=O) groups is 2. The molecule has 37 heavy (non-hydrogen) atoms. The molecule has 0 aromatic heterocycles. The van der Waals surface area contributed by atoms with Gasteiger partial charge in [-0.15, -0.1) is 0 Å². The van der Waals surface area contributed by atoms with Crippen molar-refractivity contribution in [1.82, 2.24) is 0 Å². The van der Waals surface area contributed by atoms with Gasteiger partial charge in [-0.25, -0.2) is 0 Å². The number of ether oxygens (including phenoxy) is 1. The number of hydrogen-bond acceptors (Lipinski definition) is 3. The maximum atomic E-state index is 12.8. The number of carbonyl (C=O) groups excluding carboxylic acids is 2. The van der Waals surface area contributed by atoms with E-state index in [1.807, 2.05) is 115 Å². The summed E-state index contributed by atoms with van der Waals surface area (Å²) >= 11 is 0. The van der Waals surface area contributed by atoms with Crippen molar-refractivity contribution < 1.29 is 14.3 Å². The summed E-state index contributed by atoms with van der Waals surface area (Å²) in [5.74, 6) is 0.748. The van der Waals surface area contributed by atoms with Crippen LogP contribution in [0.2, 0.25) is 0 Å². The SMILES string of the molecule is COc1cc(-c2ccc(C(=O)c3ccccc3)cc2)c(C)cc1-c1ccc(C(=O)c2ccccc2)cc1. The second-order valence-electron chi connectivity index (χ2n) is 8.91. The fraction of sp³-hybridized carbons (Fsp3) is 0.0588. The first-order valence-corrected chi connectivity index (χ1v) is 12.1. The Balaban J connectivity index is 1.42. The molecule has 0 bridgehead atoms. The van der Waals surface area contributed by atoms with E-state index in [0.29, 0.717) is 22.3 Å². The zero-order chi connectivity index (χ0) is 25.8. The van der Waals surface area contributed by atoms with Crippen LogP contribution in [0, 0.1) is 6.92 Å². The zero-order valence-electron chi connectivity index (χ0n) is 20.8. The molecule has 0 N–H and O–H groups in total. The summed E-state index contributed by atoms with van der Waals surface area (Å²) < 4.78 is 5.76. The molecule has 0 heterocycles. The molecule has 0 radical (unpaired) electrons. The van der Waals surface area contributed by atoms with Gasteiger partial charge in [0.25, 0.3) is 0 Å². The molecule has 5 aromatic rings. The fourth-order valence-electron chi connectivity index (χ4n) is 4.51. The molecule has 180 valence electrons. The van der Waals surface area contributed by atoms with E-state index in [1.165, 1.54) is 0 Å². The van der Waals surface area contributed by atoms with Gasteiger partial charge in [-0.05, 0) is 41.3 Å². The van der Waals surface area contributed by atoms with Gasteiger partial charge in [0, 0.05) is 27.8 Å². The first-order valence-electron chi connectivity index (χ1n) is 12.1. The lowest BCUT2D eigenvalue weighted by Gasteiger charge is -2.15. The van der Waals surface area contributed by atoms with Crippen LogP contribution in [0.4, 0.5) is 0 Å². The molecule has 0 saturated carbocycles. The third kappa shape index (κ3) is 4.98. The van der Waals surface area contributed by atoms with Crippen LogP contribution < -0.4 is 4.74 Å². The maximum absolute atomic E-state index is 12.8. The highest BCUT2D eigenvalue weighted by atomic mass is 16.5. The van der Waals surface area contributed by atoms with Crippen LogP contribution in [-0.2, 0) is 0 Å². The molecule has 5 aromatic carbocycles. The van der Waals surface area contributed by atoms with Crippen molar-refractivity contribution in [3.05, 3.63) is 149 Å². The quantitative estimate of drug-likeness (QED) is 0.222. The molecular weight excluding hydrogens is 456 g/mol. The Morgan fingerprint density at radius 2 is 0.919 bits per heavy atom. The van der Waals surface area contributed by atoms with Crippen molar-refractivity contribution in [3.63, 3.8) is 0 Å². The first kappa shape index (κ1) is 24.0. The van der Waals surface area contributed by atoms with Crippen LogP contribution in [-0.4, -0.2) is 18.7 Å². The van der Waals surface area contributed by atoms with Gasteiger partial charge in [-0.3, -0.25) is 9.59 Å². The van der Waals surface area contributed by atoms with Crippen molar-refractivity contribution in [2.24, 2.45) is 0 Å². The number of aryl methyl sites for hydroxylation is 1. The monoisotopic (exact) mass is 482 g/mol. The molecule has 0 fully saturated rings. The van der Waals surface area contributed by atoms with E-state index >= 15 is 0 Å². The van der Waals surface area contributed by atoms with E-state index in [2.05, 4.69) is 13.0 Å². The van der Waals surface area contributed by atoms with E-state index in [-0.39, 0.29) is 11.6 Å². The van der Waals surface area contributed by atoms with Crippen molar-refractivity contribution >= 4 is 11.6 Å². The molecule has 3 heteroatoms. The van der Waals surface area contributed by atoms with Crippen LogP contribution in [0.25, 0.3) is 22.3 Å². The molecule has 0 unspecified atom stereocenters. The Labute approximate surface area is 217 Å². The topological polar surface area (TPSA) is 43.4 Å². The summed E-state index contributed by atoms with van der Waals surface area (Å²) in [4.78, 5) is 25.5. The molecular formula is C34H26O3. The van der Waals surface area contributed by atoms with Gasteiger partial charge in [0.1, 0.15) is 5.75 Å². The number of ketones is 2. The fourth-order valence-corrected chi connectivity index (χ4v) is 4.51. The standard InChI is InChI=1S/C34H26O3/c1-23-21-31(25-15-19-29(20-16-25)34(36)27-11-7-4-8-12-27)32(37-2)22-30(23)24-13-17-28(18-14-24)33(35)26-9-5-3-6-10-26/h3-22H,1-2H3. The molecule has 0 aliphatic carbocycles. The summed E-state index contributed by atoms with van der Waals surface area (Å²) in [6.45, 7) is 2.06. The smallest absolute Gasteiger partial charge is 0.193 e. The molecule has 0 amide bonds. The number of methoxy groups -OCH3 is 1. The lowest BCUT2D eigenvalue weighted by atomic mass is 9.92. The first-order chi connectivity index (χ1) is 18.0. The van der Waals surface area contributed by atoms with Gasteiger partial charge < -0.3 is 4.74 Å². The van der Waals surface area contributed by atoms with Crippen molar-refractivity contribution in [2.45, 2.75) is 6.92 Å². The van der Waals surface area contributed by atoms with E-state index in [4.69, 9.17) is 4.74 Å². The molecule has 0 atom stereocenters. The highest BCUT2D eigenvalue weighted by Crippen LogP contribution is 2.37. The third-order valence-corrected chi connectivity index (χ3v) is 6.53. The second-order valence-corrected chi connectivity index (χ2v) is 8.91. The van der Waals surface area contributed by atoms with Gasteiger partial charge in [0.2, 0.25) is 0 Å². The largest absolute Gasteiger partial charge is 0.496 e. The van der Waals surface area contributed by atoms with Gasteiger partial charge in [0.05, 0.1) is 7.11 Å². The molecule has 0 aliphatic rings. The molecule has 0 aliphatic heterocycles. The van der Waals surface area contributed by atoms with Gasteiger partial charge in [-0.1, -0.05) is 109 Å². The van der Waals surface area contributed by atoms with Crippen LogP contribution in [0.5, 0.6) is 5.75 Å². The van der Waals surface area contributed by atoms with Crippen LogP contribution in [0.1, 0.15) is 37.4 Å². The third-order valence-electron chi connectivity index (χ3n) is 6.53. The molecule has 3 nitrogen and oxygen atoms in total. The lowest BCUT2D eigenvalue weighted by Crippen LogP contribution is -2.01. The number of rotatable bonds is 7. The Hall–Kier alpha value is -4.76. The summed E-state index contributed by atoms with van der Waals surface area (Å²) in [5.41, 5.74) is 7.71. The Bertz CT molecular complexity index is 1550. The summed E-state index contributed by atoms with van der Waals surface area (Å²) in [5, 5.41) is 0. The highest BCUT2D eigenvalue weighted by Gasteiger charge is 2.15. The highest BCUT2D eigenvalue weighted by molar-refractivity contribution is 6.09. The minimum atomic E-state index is -0.000152. The molecule has 5 rings (SSSR count). The lowest BCUT2D eigenvalue weighted by molar-refractivity contribution is 0.103. The Morgan fingerprint density at radius 1 is 0.514 bits per heavy atom. The van der Waals surface area contributed by atoms with E-state index in [9.17, 15) is 9.59 Å². The summed E-state index contributed by atoms with van der Waals surface area (Å²) in [6.07, 6.45) is 0. The Morgan fingerprint density at radius 3 is 1.35 bits per heavy atom. The summed E-state index contributed by atoms with van der Waals surface area (Å²) in [7, 11) is 1.66. The number of benzene rings is 5. The second kappa shape index (κ2) is 10.5. The van der Waals surface area contributed by atoms with Crippen molar-refractivity contribution in [3.8, 4) is 28.0 Å². The van der Waals surface area contributed by atoms with E-state index in [0.717, 1.165) is 33.6 Å². The Kier molecular flexibility index (Phi) is 6.78. The summed E-state index contributed by atoms with van der Waals surface area (Å²) in [6, 6.07) is 38.0. The average Bonchev–Trinajstić information content (AvgIpc) is 2.97. The minimum absolute atomic E-state index is 0.000152. The van der Waals surface area contributed by atoms with Crippen LogP contribution in [0.3, 0.4) is 0 Å². The van der Waals surface area contributed by atoms with Crippen LogP contribution >= 0.6 is 0 Å². The number of hydrogen-bond donors (Lipinski definition) is 0. The average molecular weight is 483 g/mol. The van der Waals surface area contributed by atoms with E-state index < -0.39 is 0 Å². The van der Waals surface area contributed by atoms with Gasteiger partial charge in [0.15, 0.2) is 11.6 Å². The predicted octanol–water partition coefficient (Wildman–Crippen LogP) is 7.80. The van der Waals surface area contributed by atoms with Gasteiger partial charge in [-0.2, -0.15) is 0 Å². The normalized spacial score (nSPS) is 10.6. The minimum Gasteiger partial charge on any atom is -0.496 e. The zero-order valence-corrected chi connectivity index (χ0v) is 20.8. The maximum Gasteiger partial charge on any atom is 0.193 e. The molecule has 0 spiro atoms. The molecule has 0 saturated heterocycles. The predicted molar refractivity (Wildman–Crippen MR) is 148 cm³/mol. The van der Waals surface area contributed by atoms with Crippen LogP contribution in [0.15, 0.2) is 121 Å².